The van der Waals surface area contributed by atoms with Crippen LogP contribution < -0.4 is 5.32 Å². The second-order valence-corrected chi connectivity index (χ2v) is 18.6. The first-order valence-corrected chi connectivity index (χ1v) is 24.5. The second kappa shape index (κ2) is 37.8. The first-order valence-electron chi connectivity index (χ1n) is 23.1. The lowest BCUT2D eigenvalue weighted by molar-refractivity contribution is -0.870. The average molecular weight is 788 g/mol. The maximum Gasteiger partial charge on any atom is 0.472 e. The molecule has 0 heterocycles. The Hall–Kier alpha value is -0.760. The number of aliphatic hydroxyl groups excluding tert-OH is 1. The molecular formula is C45H92N2O6P+. The Morgan fingerprint density at radius 1 is 0.611 bits per heavy atom. The third kappa shape index (κ3) is 39.5. The summed E-state index contributed by atoms with van der Waals surface area (Å²) in [5.74, 6) is -0.149. The van der Waals surface area contributed by atoms with E-state index in [0.29, 0.717) is 23.9 Å². The Balaban J connectivity index is 4.20. The minimum absolute atomic E-state index is 0.0754. The lowest BCUT2D eigenvalue weighted by atomic mass is 10.0. The highest BCUT2D eigenvalue weighted by atomic mass is 31.2. The number of aliphatic hydroxyl groups is 1. The molecule has 0 saturated heterocycles. The number of carbonyl (C=O) groups is 1. The van der Waals surface area contributed by atoms with Crippen LogP contribution in [-0.2, 0) is 18.4 Å². The molecule has 0 radical (unpaired) electrons. The third-order valence-electron chi connectivity index (χ3n) is 10.5. The number of carbonyl (C=O) groups excluding carboxylic acids is 1. The topological polar surface area (TPSA) is 105 Å². The van der Waals surface area contributed by atoms with E-state index in [0.717, 1.165) is 38.5 Å². The molecule has 0 aromatic rings. The van der Waals surface area contributed by atoms with Crippen LogP contribution in [-0.4, -0.2) is 73.4 Å². The molecule has 9 heteroatoms. The van der Waals surface area contributed by atoms with Crippen molar-refractivity contribution in [3.8, 4) is 0 Å². The summed E-state index contributed by atoms with van der Waals surface area (Å²) in [6.45, 7) is 4.88. The van der Waals surface area contributed by atoms with Crippen molar-refractivity contribution in [2.45, 2.75) is 231 Å². The Morgan fingerprint density at radius 3 is 1.43 bits per heavy atom. The zero-order chi connectivity index (χ0) is 40.0. The Bertz CT molecular complexity index is 896. The number of quaternary nitrogens is 1. The zero-order valence-electron chi connectivity index (χ0n) is 36.5. The van der Waals surface area contributed by atoms with Crippen molar-refractivity contribution in [3.63, 3.8) is 0 Å². The van der Waals surface area contributed by atoms with Gasteiger partial charge in [0.1, 0.15) is 13.2 Å². The summed E-state index contributed by atoms with van der Waals surface area (Å²) >= 11 is 0. The van der Waals surface area contributed by atoms with Gasteiger partial charge in [-0.05, 0) is 38.5 Å². The van der Waals surface area contributed by atoms with Crippen molar-refractivity contribution >= 4 is 13.7 Å². The molecule has 3 unspecified atom stereocenters. The van der Waals surface area contributed by atoms with Crippen molar-refractivity contribution in [1.82, 2.24) is 5.32 Å². The summed E-state index contributed by atoms with van der Waals surface area (Å²) in [5.41, 5.74) is 0. The van der Waals surface area contributed by atoms with E-state index in [1.165, 1.54) is 154 Å². The van der Waals surface area contributed by atoms with Gasteiger partial charge in [-0.3, -0.25) is 13.8 Å². The summed E-state index contributed by atoms with van der Waals surface area (Å²) in [4.78, 5) is 23.1. The lowest BCUT2D eigenvalue weighted by Crippen LogP contribution is -2.46. The fourth-order valence-electron chi connectivity index (χ4n) is 6.81. The quantitative estimate of drug-likeness (QED) is 0.0246. The molecule has 0 aromatic carbocycles. The van der Waals surface area contributed by atoms with Crippen LogP contribution in [0.4, 0.5) is 0 Å². The number of phosphoric ester groups is 1. The van der Waals surface area contributed by atoms with Gasteiger partial charge in [0.15, 0.2) is 0 Å². The average Bonchev–Trinajstić information content (AvgIpc) is 3.12. The molecule has 0 spiro atoms. The van der Waals surface area contributed by atoms with E-state index in [9.17, 15) is 19.4 Å². The predicted octanol–water partition coefficient (Wildman–Crippen LogP) is 12.8. The number of phosphoric acid groups is 1. The summed E-state index contributed by atoms with van der Waals surface area (Å²) in [5, 5.41) is 13.9. The van der Waals surface area contributed by atoms with Crippen LogP contribution in [0, 0.1) is 0 Å². The normalized spacial score (nSPS) is 14.4. The van der Waals surface area contributed by atoms with E-state index >= 15 is 0 Å². The van der Waals surface area contributed by atoms with Crippen LogP contribution in [0.5, 0.6) is 0 Å². The number of rotatable bonds is 42. The van der Waals surface area contributed by atoms with Gasteiger partial charge >= 0.3 is 7.82 Å². The summed E-state index contributed by atoms with van der Waals surface area (Å²) < 4.78 is 23.6. The molecule has 54 heavy (non-hydrogen) atoms. The van der Waals surface area contributed by atoms with Crippen LogP contribution >= 0.6 is 7.82 Å². The number of unbranched alkanes of at least 4 members (excludes halogenated alkanes) is 27. The van der Waals surface area contributed by atoms with Crippen molar-refractivity contribution in [3.05, 3.63) is 12.2 Å². The maximum absolute atomic E-state index is 12.9. The van der Waals surface area contributed by atoms with E-state index in [1.54, 1.807) is 0 Å². The number of hydrogen-bond acceptors (Lipinski definition) is 5. The molecule has 322 valence electrons. The fraction of sp³-hybridized carbons (Fsp3) is 0.933. The third-order valence-corrected chi connectivity index (χ3v) is 11.5. The smallest absolute Gasteiger partial charge is 0.391 e. The lowest BCUT2D eigenvalue weighted by Gasteiger charge is -2.26. The number of nitrogens with one attached hydrogen (secondary N) is 1. The van der Waals surface area contributed by atoms with Gasteiger partial charge in [-0.2, -0.15) is 0 Å². The molecule has 0 saturated carbocycles. The Morgan fingerprint density at radius 2 is 1.00 bits per heavy atom. The highest BCUT2D eigenvalue weighted by Gasteiger charge is 2.28. The summed E-state index contributed by atoms with van der Waals surface area (Å²) in [7, 11) is 1.62. The standard InChI is InChI=1S/C45H91N2O6P/c1-6-8-10-12-14-16-18-19-20-21-22-23-24-25-26-27-28-29-31-33-35-37-39-45(49)46-43(42-53-54(50,51)52-41-40-47(3,4)5)44(48)38-36-34-32-30-17-15-13-11-9-7-2/h24-25,43-44,48H,6-23,26-42H2,1-5H3,(H-,46,49,50,51)/p+1/b25-24-. The first kappa shape index (κ1) is 53.2. The summed E-state index contributed by atoms with van der Waals surface area (Å²) in [6, 6.07) is -0.757. The molecule has 0 fully saturated rings. The van der Waals surface area contributed by atoms with Gasteiger partial charge in [0, 0.05) is 6.42 Å². The number of allylic oxidation sites excluding steroid dienone is 2. The van der Waals surface area contributed by atoms with E-state index in [2.05, 4.69) is 31.3 Å². The van der Waals surface area contributed by atoms with E-state index < -0.39 is 20.0 Å². The van der Waals surface area contributed by atoms with Gasteiger partial charge < -0.3 is 19.8 Å². The van der Waals surface area contributed by atoms with Crippen LogP contribution in [0.2, 0.25) is 0 Å². The van der Waals surface area contributed by atoms with Crippen LogP contribution in [0.15, 0.2) is 12.2 Å². The van der Waals surface area contributed by atoms with Crippen molar-refractivity contribution in [2.75, 3.05) is 40.9 Å². The SMILES string of the molecule is CCCCCCCCCCCCC/C=C\CCCCCCCCCC(=O)NC(COP(=O)(O)OCC[N+](C)(C)C)C(O)CCCCCCCCCCCC. The molecule has 1 amide bonds. The maximum atomic E-state index is 12.9. The number of nitrogens with zero attached hydrogens (tertiary/aromatic N) is 1. The molecule has 8 nitrogen and oxygen atoms in total. The van der Waals surface area contributed by atoms with Gasteiger partial charge in [0.05, 0.1) is 39.9 Å². The molecule has 0 bridgehead atoms. The van der Waals surface area contributed by atoms with Gasteiger partial charge in [-0.1, -0.05) is 187 Å². The van der Waals surface area contributed by atoms with Crippen molar-refractivity contribution < 1.29 is 32.9 Å². The van der Waals surface area contributed by atoms with Crippen molar-refractivity contribution in [1.29, 1.82) is 0 Å². The van der Waals surface area contributed by atoms with Crippen LogP contribution in [0.3, 0.4) is 0 Å². The molecule has 3 atom stereocenters. The number of likely N-dealkylation sites (N-methyl/N-ethyl adjacent to an activating group) is 1. The van der Waals surface area contributed by atoms with Crippen LogP contribution in [0.1, 0.15) is 219 Å². The van der Waals surface area contributed by atoms with E-state index in [1.807, 2.05) is 21.1 Å². The summed E-state index contributed by atoms with van der Waals surface area (Å²) in [6.07, 6.45) is 42.5. The number of amides is 1. The molecule has 0 aliphatic carbocycles. The van der Waals surface area contributed by atoms with E-state index in [4.69, 9.17) is 9.05 Å². The molecular weight excluding hydrogens is 695 g/mol. The highest BCUT2D eigenvalue weighted by Crippen LogP contribution is 2.43. The predicted molar refractivity (Wildman–Crippen MR) is 231 cm³/mol. The van der Waals surface area contributed by atoms with Crippen LogP contribution in [0.25, 0.3) is 0 Å². The molecule has 0 aromatic heterocycles. The molecule has 0 rings (SSSR count). The number of hydrogen-bond donors (Lipinski definition) is 3. The second-order valence-electron chi connectivity index (χ2n) is 17.1. The first-order chi connectivity index (χ1) is 26.0. The van der Waals surface area contributed by atoms with E-state index in [-0.39, 0.29) is 19.1 Å². The van der Waals surface area contributed by atoms with Gasteiger partial charge in [0.25, 0.3) is 0 Å². The van der Waals surface area contributed by atoms with Gasteiger partial charge in [-0.15, -0.1) is 0 Å². The molecule has 0 aliphatic heterocycles. The Labute approximate surface area is 335 Å². The van der Waals surface area contributed by atoms with Gasteiger partial charge in [-0.25, -0.2) is 4.57 Å². The zero-order valence-corrected chi connectivity index (χ0v) is 37.4. The van der Waals surface area contributed by atoms with Gasteiger partial charge in [0.2, 0.25) is 5.91 Å². The minimum Gasteiger partial charge on any atom is -0.391 e. The molecule has 0 aliphatic rings. The van der Waals surface area contributed by atoms with Crippen molar-refractivity contribution in [2.24, 2.45) is 0 Å². The highest BCUT2D eigenvalue weighted by molar-refractivity contribution is 7.47. The fourth-order valence-corrected chi connectivity index (χ4v) is 7.54. The largest absolute Gasteiger partial charge is 0.472 e. The monoisotopic (exact) mass is 788 g/mol. The molecule has 3 N–H and O–H groups in total. The Kier molecular flexibility index (Phi) is 37.3. The minimum atomic E-state index is -4.31.